The number of carbonyl (C=O) groups excluding carboxylic acids is 1. The smallest absolute Gasteiger partial charge is 0.193 e. The van der Waals surface area contributed by atoms with Crippen molar-refractivity contribution in [3.05, 3.63) is 70.8 Å². The van der Waals surface area contributed by atoms with E-state index >= 15 is 0 Å². The fourth-order valence-electron chi connectivity index (χ4n) is 3.95. The summed E-state index contributed by atoms with van der Waals surface area (Å²) in [5, 5.41) is 11.7. The van der Waals surface area contributed by atoms with Crippen molar-refractivity contribution in [1.82, 2.24) is 0 Å². The number of rotatable bonds is 6. The monoisotopic (exact) mass is 322 g/mol. The summed E-state index contributed by atoms with van der Waals surface area (Å²) in [7, 11) is 0. The third-order valence-electron chi connectivity index (χ3n) is 5.36. The van der Waals surface area contributed by atoms with E-state index in [0.717, 1.165) is 24.0 Å². The van der Waals surface area contributed by atoms with Crippen LogP contribution in [0.25, 0.3) is 0 Å². The molecule has 0 radical (unpaired) electrons. The summed E-state index contributed by atoms with van der Waals surface area (Å²) in [4.78, 5) is 12.8. The number of unbranched alkanes of at least 4 members (excludes halogenated alkanes) is 1. The lowest BCUT2D eigenvalue weighted by Gasteiger charge is -2.38. The second kappa shape index (κ2) is 6.90. The highest BCUT2D eigenvalue weighted by Gasteiger charge is 2.42. The molecule has 1 aliphatic rings. The molecule has 0 saturated carbocycles. The van der Waals surface area contributed by atoms with Gasteiger partial charge in [0.2, 0.25) is 0 Å². The van der Waals surface area contributed by atoms with Crippen molar-refractivity contribution in [3.8, 4) is 0 Å². The summed E-state index contributed by atoms with van der Waals surface area (Å²) >= 11 is 0. The first-order valence-electron chi connectivity index (χ1n) is 9.07. The lowest BCUT2D eigenvalue weighted by molar-refractivity contribution is 0.0445. The van der Waals surface area contributed by atoms with Crippen molar-refractivity contribution < 1.29 is 9.90 Å². The second-order valence-electron chi connectivity index (χ2n) is 6.90. The van der Waals surface area contributed by atoms with Gasteiger partial charge in [0.15, 0.2) is 5.78 Å². The fraction of sp³-hybridized carbons (Fsp3) is 0.409. The van der Waals surface area contributed by atoms with Crippen LogP contribution in [0.4, 0.5) is 0 Å². The van der Waals surface area contributed by atoms with Gasteiger partial charge in [-0.1, -0.05) is 88.1 Å². The summed E-state index contributed by atoms with van der Waals surface area (Å²) in [6.45, 7) is 4.39. The maximum absolute atomic E-state index is 12.8. The lowest BCUT2D eigenvalue weighted by atomic mass is 9.69. The average molecular weight is 322 g/mol. The molecule has 0 amide bonds. The van der Waals surface area contributed by atoms with Crippen LogP contribution in [-0.4, -0.2) is 10.9 Å². The van der Waals surface area contributed by atoms with Crippen molar-refractivity contribution in [2.75, 3.05) is 0 Å². The summed E-state index contributed by atoms with van der Waals surface area (Å²) < 4.78 is 0. The highest BCUT2D eigenvalue weighted by atomic mass is 16.3. The summed E-state index contributed by atoms with van der Waals surface area (Å²) in [5.74, 6) is 0.469. The number of ketones is 1. The van der Waals surface area contributed by atoms with Gasteiger partial charge >= 0.3 is 0 Å². The Labute approximate surface area is 144 Å². The average Bonchev–Trinajstić information content (AvgIpc) is 2.63. The molecule has 2 nitrogen and oxygen atoms in total. The van der Waals surface area contributed by atoms with E-state index < -0.39 is 5.60 Å². The molecular weight excluding hydrogens is 296 g/mol. The molecule has 126 valence electrons. The minimum Gasteiger partial charge on any atom is -0.380 e. The van der Waals surface area contributed by atoms with Crippen molar-refractivity contribution in [2.45, 2.75) is 51.6 Å². The molecular formula is C22H26O2. The topological polar surface area (TPSA) is 37.3 Å². The van der Waals surface area contributed by atoms with E-state index in [1.165, 1.54) is 12.8 Å². The van der Waals surface area contributed by atoms with Crippen LogP contribution in [0.3, 0.4) is 0 Å². The zero-order valence-corrected chi connectivity index (χ0v) is 14.6. The Hall–Kier alpha value is -1.93. The minimum absolute atomic E-state index is 0.0208. The van der Waals surface area contributed by atoms with Gasteiger partial charge in [0.05, 0.1) is 0 Å². The third kappa shape index (κ3) is 2.80. The molecule has 1 aliphatic carbocycles. The van der Waals surface area contributed by atoms with Crippen LogP contribution >= 0.6 is 0 Å². The van der Waals surface area contributed by atoms with Crippen LogP contribution in [0.2, 0.25) is 0 Å². The van der Waals surface area contributed by atoms with Gasteiger partial charge in [0.25, 0.3) is 0 Å². The third-order valence-corrected chi connectivity index (χ3v) is 5.36. The van der Waals surface area contributed by atoms with Crippen molar-refractivity contribution in [1.29, 1.82) is 0 Å². The highest BCUT2D eigenvalue weighted by molar-refractivity contribution is 6.13. The normalized spacial score (nSPS) is 16.4. The van der Waals surface area contributed by atoms with Gasteiger partial charge in [-0.2, -0.15) is 0 Å². The predicted octanol–water partition coefficient (Wildman–Crippen LogP) is 5.07. The molecule has 0 bridgehead atoms. The van der Waals surface area contributed by atoms with E-state index in [0.29, 0.717) is 23.5 Å². The van der Waals surface area contributed by atoms with Crippen LogP contribution in [0, 0.1) is 5.92 Å². The Morgan fingerprint density at radius 1 is 0.958 bits per heavy atom. The second-order valence-corrected chi connectivity index (χ2v) is 6.90. The molecule has 2 heteroatoms. The standard InChI is InChI=1S/C22H26O2/c1-3-5-10-16(4-2)15-22(24)19-13-8-6-11-17(19)21(23)18-12-7-9-14-20(18)22/h6-9,11-14,16,24H,3-5,10,15H2,1-2H3. The molecule has 3 rings (SSSR count). The number of carbonyl (C=O) groups is 1. The van der Waals surface area contributed by atoms with E-state index in [9.17, 15) is 9.90 Å². The molecule has 24 heavy (non-hydrogen) atoms. The van der Waals surface area contributed by atoms with Gasteiger partial charge in [-0.15, -0.1) is 0 Å². The molecule has 1 N–H and O–H groups in total. The Bertz CT molecular complexity index is 683. The number of hydrogen-bond donors (Lipinski definition) is 1. The SMILES string of the molecule is CCCCC(CC)CC1(O)c2ccccc2C(=O)c2ccccc21. The summed E-state index contributed by atoms with van der Waals surface area (Å²) in [6, 6.07) is 15.1. The van der Waals surface area contributed by atoms with Gasteiger partial charge in [0, 0.05) is 11.1 Å². The first-order chi connectivity index (χ1) is 11.6. The molecule has 0 spiro atoms. The number of benzene rings is 2. The maximum Gasteiger partial charge on any atom is 0.193 e. The zero-order chi connectivity index (χ0) is 17.2. The molecule has 2 aromatic rings. The number of aliphatic hydroxyl groups is 1. The van der Waals surface area contributed by atoms with E-state index in [-0.39, 0.29) is 5.78 Å². The Balaban J connectivity index is 2.09. The van der Waals surface area contributed by atoms with Crippen molar-refractivity contribution in [3.63, 3.8) is 0 Å². The molecule has 1 unspecified atom stereocenters. The minimum atomic E-state index is -1.07. The predicted molar refractivity (Wildman–Crippen MR) is 97.2 cm³/mol. The summed E-state index contributed by atoms with van der Waals surface area (Å²) in [5.41, 5.74) is 1.75. The number of hydrogen-bond acceptors (Lipinski definition) is 2. The Kier molecular flexibility index (Phi) is 4.86. The largest absolute Gasteiger partial charge is 0.380 e. The van der Waals surface area contributed by atoms with E-state index in [2.05, 4.69) is 13.8 Å². The zero-order valence-electron chi connectivity index (χ0n) is 14.6. The quantitative estimate of drug-likeness (QED) is 0.806. The first-order valence-corrected chi connectivity index (χ1v) is 9.07. The molecule has 0 aliphatic heterocycles. The van der Waals surface area contributed by atoms with Crippen LogP contribution in [0.1, 0.15) is 73.0 Å². The van der Waals surface area contributed by atoms with Crippen LogP contribution in [0.15, 0.2) is 48.5 Å². The lowest BCUT2D eigenvalue weighted by Crippen LogP contribution is -2.37. The van der Waals surface area contributed by atoms with E-state index in [4.69, 9.17) is 0 Å². The van der Waals surface area contributed by atoms with Gasteiger partial charge < -0.3 is 5.11 Å². The molecule has 0 saturated heterocycles. The molecule has 0 heterocycles. The van der Waals surface area contributed by atoms with Gasteiger partial charge in [-0.3, -0.25) is 4.79 Å². The number of fused-ring (bicyclic) bond motifs is 2. The van der Waals surface area contributed by atoms with Crippen LogP contribution in [-0.2, 0) is 5.60 Å². The summed E-state index contributed by atoms with van der Waals surface area (Å²) in [6.07, 6.45) is 5.18. The van der Waals surface area contributed by atoms with Crippen LogP contribution < -0.4 is 0 Å². The van der Waals surface area contributed by atoms with Crippen molar-refractivity contribution >= 4 is 5.78 Å². The molecule has 2 aromatic carbocycles. The first kappa shape index (κ1) is 16.9. The Morgan fingerprint density at radius 3 is 2.00 bits per heavy atom. The fourth-order valence-corrected chi connectivity index (χ4v) is 3.95. The van der Waals surface area contributed by atoms with Gasteiger partial charge in [-0.25, -0.2) is 0 Å². The van der Waals surface area contributed by atoms with Crippen molar-refractivity contribution in [2.24, 2.45) is 5.92 Å². The van der Waals surface area contributed by atoms with E-state index in [1.807, 2.05) is 48.5 Å². The maximum atomic E-state index is 12.8. The van der Waals surface area contributed by atoms with Gasteiger partial charge in [-0.05, 0) is 23.5 Å². The molecule has 0 aromatic heterocycles. The van der Waals surface area contributed by atoms with E-state index in [1.54, 1.807) is 0 Å². The molecule has 0 fully saturated rings. The van der Waals surface area contributed by atoms with Gasteiger partial charge in [0.1, 0.15) is 5.60 Å². The van der Waals surface area contributed by atoms with Crippen LogP contribution in [0.5, 0.6) is 0 Å². The highest BCUT2D eigenvalue weighted by Crippen LogP contribution is 2.44. The Morgan fingerprint density at radius 2 is 1.50 bits per heavy atom. The molecule has 1 atom stereocenters.